The number of aliphatic carboxylic acids is 2. The summed E-state index contributed by atoms with van der Waals surface area (Å²) in [4.78, 5) is 21.4. The normalized spacial score (nSPS) is 11.7. The summed E-state index contributed by atoms with van der Waals surface area (Å²) in [6.45, 7) is 1.92. The van der Waals surface area contributed by atoms with E-state index < -0.39 is 18.0 Å². The third-order valence-corrected chi connectivity index (χ3v) is 3.64. The van der Waals surface area contributed by atoms with Crippen LogP contribution in [0.4, 0.5) is 0 Å². The maximum atomic E-state index is 10.9. The van der Waals surface area contributed by atoms with E-state index in [0.717, 1.165) is 19.3 Å². The first-order valence-corrected chi connectivity index (χ1v) is 8.26. The van der Waals surface area contributed by atoms with Crippen molar-refractivity contribution in [3.63, 3.8) is 0 Å². The van der Waals surface area contributed by atoms with Gasteiger partial charge in [0.15, 0.2) is 0 Å². The molecule has 125 valence electrons. The number of carbonyl (C=O) groups is 2. The van der Waals surface area contributed by atoms with Crippen LogP contribution >= 0.6 is 0 Å². The van der Waals surface area contributed by atoms with Gasteiger partial charge in [-0.1, -0.05) is 71.1 Å². The first-order valence-electron chi connectivity index (χ1n) is 8.26. The second kappa shape index (κ2) is 17.3. The smallest absolute Gasteiger partial charge is 0.320 e. The zero-order valence-corrected chi connectivity index (χ0v) is 16.3. The fourth-order valence-electron chi connectivity index (χ4n) is 2.36. The van der Waals surface area contributed by atoms with E-state index in [1.165, 1.54) is 44.9 Å². The molecule has 1 unspecified atom stereocenters. The molecule has 0 aliphatic rings. The molecule has 0 bridgehead atoms. The van der Waals surface area contributed by atoms with Crippen LogP contribution in [-0.2, 0) is 9.59 Å². The largest absolute Gasteiger partial charge is 0.480 e. The molecule has 0 aromatic carbocycles. The molecule has 6 heteroatoms. The second-order valence-corrected chi connectivity index (χ2v) is 5.64. The van der Waals surface area contributed by atoms with Gasteiger partial charge in [0.2, 0.25) is 0 Å². The molecule has 22 heavy (non-hydrogen) atoms. The molecule has 0 aromatic heterocycles. The van der Waals surface area contributed by atoms with Crippen molar-refractivity contribution in [1.29, 1.82) is 0 Å². The van der Waals surface area contributed by atoms with Crippen LogP contribution in [0.15, 0.2) is 0 Å². The Morgan fingerprint density at radius 2 is 1.32 bits per heavy atom. The SMILES string of the molecule is CCCCCCCCCCCCC(NCC(=O)O)C(=O)O.[Na]. The van der Waals surface area contributed by atoms with Crippen LogP contribution in [0, 0.1) is 0 Å². The van der Waals surface area contributed by atoms with E-state index in [2.05, 4.69) is 12.2 Å². The van der Waals surface area contributed by atoms with Gasteiger partial charge in [0.25, 0.3) is 0 Å². The number of hydrogen-bond acceptors (Lipinski definition) is 3. The molecule has 0 rings (SSSR count). The van der Waals surface area contributed by atoms with Gasteiger partial charge < -0.3 is 10.2 Å². The van der Waals surface area contributed by atoms with Crippen LogP contribution in [0.2, 0.25) is 0 Å². The summed E-state index contributed by atoms with van der Waals surface area (Å²) >= 11 is 0. The van der Waals surface area contributed by atoms with Gasteiger partial charge >= 0.3 is 11.9 Å². The molecule has 1 atom stereocenters. The molecule has 3 N–H and O–H groups in total. The molecule has 0 aliphatic heterocycles. The van der Waals surface area contributed by atoms with Gasteiger partial charge in [-0.2, -0.15) is 0 Å². The van der Waals surface area contributed by atoms with E-state index in [1.54, 1.807) is 0 Å². The number of nitrogens with one attached hydrogen (secondary N) is 1. The molecule has 1 radical (unpaired) electrons. The summed E-state index contributed by atoms with van der Waals surface area (Å²) in [5.74, 6) is -1.99. The Bertz CT molecular complexity index is 287. The fraction of sp³-hybridized carbons (Fsp3) is 0.875. The summed E-state index contributed by atoms with van der Waals surface area (Å²) in [6.07, 6.45) is 12.6. The van der Waals surface area contributed by atoms with Gasteiger partial charge in [-0.05, 0) is 6.42 Å². The van der Waals surface area contributed by atoms with E-state index >= 15 is 0 Å². The van der Waals surface area contributed by atoms with E-state index in [-0.39, 0.29) is 36.1 Å². The Labute approximate surface area is 156 Å². The van der Waals surface area contributed by atoms with Crippen LogP contribution < -0.4 is 5.32 Å². The minimum absolute atomic E-state index is 0. The van der Waals surface area contributed by atoms with Crippen LogP contribution in [0.3, 0.4) is 0 Å². The van der Waals surface area contributed by atoms with Crippen molar-refractivity contribution < 1.29 is 19.8 Å². The van der Waals surface area contributed by atoms with E-state index in [9.17, 15) is 9.59 Å². The molecule has 0 spiro atoms. The number of carboxylic acid groups (broad SMARTS) is 2. The number of carboxylic acids is 2. The van der Waals surface area contributed by atoms with Crippen molar-refractivity contribution in [2.45, 2.75) is 83.6 Å². The Kier molecular flexibility index (Phi) is 18.9. The number of unbranched alkanes of at least 4 members (excludes halogenated alkanes) is 9. The molecule has 0 saturated heterocycles. The van der Waals surface area contributed by atoms with Crippen molar-refractivity contribution in [1.82, 2.24) is 5.32 Å². The van der Waals surface area contributed by atoms with Crippen LogP contribution in [-0.4, -0.2) is 64.3 Å². The third-order valence-electron chi connectivity index (χ3n) is 3.64. The average Bonchev–Trinajstić information content (AvgIpc) is 2.43. The summed E-state index contributed by atoms with van der Waals surface area (Å²) in [6, 6.07) is -0.741. The minimum atomic E-state index is -1.02. The fourth-order valence-corrected chi connectivity index (χ4v) is 2.36. The number of rotatable bonds is 15. The molecular formula is C16H31NNaO4. The van der Waals surface area contributed by atoms with Crippen LogP contribution in [0.25, 0.3) is 0 Å². The number of hydrogen-bond donors (Lipinski definition) is 3. The Hall–Kier alpha value is -0.100. The Morgan fingerprint density at radius 3 is 1.73 bits per heavy atom. The summed E-state index contributed by atoms with van der Waals surface area (Å²) in [5.41, 5.74) is 0. The molecule has 0 aliphatic carbocycles. The molecule has 0 fully saturated rings. The quantitative estimate of drug-likeness (QED) is 0.318. The first-order chi connectivity index (χ1) is 10.1. The summed E-state index contributed by atoms with van der Waals surface area (Å²) in [7, 11) is 0. The van der Waals surface area contributed by atoms with Gasteiger partial charge in [-0.15, -0.1) is 0 Å². The van der Waals surface area contributed by atoms with E-state index in [0.29, 0.717) is 6.42 Å². The maximum absolute atomic E-state index is 10.9. The predicted octanol–water partition coefficient (Wildman–Crippen LogP) is 3.04. The molecular weight excluding hydrogens is 293 g/mol. The minimum Gasteiger partial charge on any atom is -0.480 e. The zero-order chi connectivity index (χ0) is 15.9. The topological polar surface area (TPSA) is 86.6 Å². The second-order valence-electron chi connectivity index (χ2n) is 5.64. The van der Waals surface area contributed by atoms with Gasteiger partial charge in [0.05, 0.1) is 6.54 Å². The summed E-state index contributed by atoms with van der Waals surface area (Å²) < 4.78 is 0. The third kappa shape index (κ3) is 16.3. The van der Waals surface area contributed by atoms with E-state index in [1.807, 2.05) is 0 Å². The Morgan fingerprint density at radius 1 is 0.864 bits per heavy atom. The summed E-state index contributed by atoms with van der Waals surface area (Å²) in [5, 5.41) is 20.1. The van der Waals surface area contributed by atoms with Gasteiger partial charge in [-0.25, -0.2) is 0 Å². The van der Waals surface area contributed by atoms with Crippen molar-refractivity contribution in [2.75, 3.05) is 6.54 Å². The van der Waals surface area contributed by atoms with Crippen molar-refractivity contribution in [2.24, 2.45) is 0 Å². The molecule has 5 nitrogen and oxygen atoms in total. The maximum Gasteiger partial charge on any atom is 0.320 e. The molecule has 0 saturated carbocycles. The zero-order valence-electron chi connectivity index (χ0n) is 14.3. The van der Waals surface area contributed by atoms with Gasteiger partial charge in [0.1, 0.15) is 6.04 Å². The predicted molar refractivity (Wildman–Crippen MR) is 89.3 cm³/mol. The van der Waals surface area contributed by atoms with Crippen molar-refractivity contribution in [3.8, 4) is 0 Å². The van der Waals surface area contributed by atoms with Gasteiger partial charge in [-0.3, -0.25) is 14.9 Å². The van der Waals surface area contributed by atoms with Crippen molar-refractivity contribution >= 4 is 41.5 Å². The molecule has 0 amide bonds. The molecule has 0 aromatic rings. The standard InChI is InChI=1S/C16H31NO4.Na/c1-2-3-4-5-6-7-8-9-10-11-12-14(16(20)21)17-13-15(18)19;/h14,17H,2-13H2,1H3,(H,18,19)(H,20,21);. The van der Waals surface area contributed by atoms with Crippen LogP contribution in [0.1, 0.15) is 77.6 Å². The Balaban J connectivity index is 0. The van der Waals surface area contributed by atoms with Crippen molar-refractivity contribution in [3.05, 3.63) is 0 Å². The van der Waals surface area contributed by atoms with E-state index in [4.69, 9.17) is 10.2 Å². The monoisotopic (exact) mass is 324 g/mol. The van der Waals surface area contributed by atoms with Crippen LogP contribution in [0.5, 0.6) is 0 Å². The first kappa shape index (κ1) is 24.2. The van der Waals surface area contributed by atoms with Gasteiger partial charge in [0, 0.05) is 29.6 Å². The average molecular weight is 324 g/mol. The molecule has 0 heterocycles.